The monoisotopic (exact) mass is 285 g/mol. The average Bonchev–Trinajstić information content (AvgIpc) is 2.33. The lowest BCUT2D eigenvalue weighted by Gasteiger charge is -2.40. The Morgan fingerprint density at radius 3 is 2.56 bits per heavy atom. The Kier molecular flexibility index (Phi) is 3.69. The van der Waals surface area contributed by atoms with Crippen molar-refractivity contribution in [1.82, 2.24) is 5.32 Å². The number of halogens is 2. The highest BCUT2D eigenvalue weighted by Gasteiger charge is 2.32. The molecule has 18 heavy (non-hydrogen) atoms. The van der Waals surface area contributed by atoms with Gasteiger partial charge in [-0.25, -0.2) is 0 Å². The summed E-state index contributed by atoms with van der Waals surface area (Å²) in [5, 5.41) is 4.97. The Balaban J connectivity index is 1.70. The lowest BCUT2D eigenvalue weighted by atomic mass is 9.85. The second-order valence-corrected chi connectivity index (χ2v) is 6.12. The highest BCUT2D eigenvalue weighted by atomic mass is 35.5. The quantitative estimate of drug-likeness (QED) is 0.885. The Bertz CT molecular complexity index is 426. The van der Waals surface area contributed by atoms with Gasteiger partial charge in [-0.1, -0.05) is 29.6 Å². The second-order valence-electron chi connectivity index (χ2n) is 5.28. The molecule has 1 aromatic rings. The van der Waals surface area contributed by atoms with Gasteiger partial charge in [0.2, 0.25) is 0 Å². The first-order chi connectivity index (χ1) is 8.70. The van der Waals surface area contributed by atoms with Crippen LogP contribution in [0.2, 0.25) is 10.0 Å². The number of fused-ring (bicyclic) bond motifs is 2. The molecule has 2 nitrogen and oxygen atoms in total. The normalized spacial score (nSPS) is 31.1. The molecule has 2 aliphatic rings. The van der Waals surface area contributed by atoms with Crippen molar-refractivity contribution in [2.45, 2.75) is 50.3 Å². The van der Waals surface area contributed by atoms with Crippen molar-refractivity contribution in [3.05, 3.63) is 28.2 Å². The summed E-state index contributed by atoms with van der Waals surface area (Å²) in [5.74, 6) is 0.717. The summed E-state index contributed by atoms with van der Waals surface area (Å²) in [6.07, 6.45) is 6.27. The minimum absolute atomic E-state index is 0.262. The van der Waals surface area contributed by atoms with E-state index in [1.165, 1.54) is 19.3 Å². The first-order valence-electron chi connectivity index (χ1n) is 6.58. The van der Waals surface area contributed by atoms with E-state index in [-0.39, 0.29) is 6.10 Å². The van der Waals surface area contributed by atoms with E-state index in [9.17, 15) is 0 Å². The van der Waals surface area contributed by atoms with Gasteiger partial charge in [-0.15, -0.1) is 0 Å². The van der Waals surface area contributed by atoms with Crippen LogP contribution >= 0.6 is 23.2 Å². The molecule has 2 aliphatic heterocycles. The topological polar surface area (TPSA) is 21.3 Å². The molecular weight excluding hydrogens is 269 g/mol. The fourth-order valence-corrected chi connectivity index (χ4v) is 3.38. The minimum Gasteiger partial charge on any atom is -0.489 e. The Morgan fingerprint density at radius 1 is 1.11 bits per heavy atom. The average molecular weight is 286 g/mol. The van der Waals surface area contributed by atoms with Crippen molar-refractivity contribution in [3.63, 3.8) is 0 Å². The van der Waals surface area contributed by atoms with Crippen LogP contribution in [0.3, 0.4) is 0 Å². The molecule has 2 bridgehead atoms. The molecule has 2 atom stereocenters. The lowest BCUT2D eigenvalue weighted by Crippen LogP contribution is -2.51. The Hall–Kier alpha value is -0.440. The number of rotatable bonds is 2. The smallest absolute Gasteiger partial charge is 0.139 e. The predicted molar refractivity (Wildman–Crippen MR) is 74.7 cm³/mol. The zero-order valence-electron chi connectivity index (χ0n) is 10.2. The SMILES string of the molecule is Clc1ccc(Cl)c(OC2CC3CCCC(C2)N3)c1. The molecule has 1 N–H and O–H groups in total. The molecule has 4 heteroatoms. The molecule has 2 heterocycles. The molecule has 0 amide bonds. The van der Waals surface area contributed by atoms with Gasteiger partial charge in [-0.2, -0.15) is 0 Å². The number of hydrogen-bond acceptors (Lipinski definition) is 2. The van der Waals surface area contributed by atoms with Crippen molar-refractivity contribution < 1.29 is 4.74 Å². The molecule has 98 valence electrons. The van der Waals surface area contributed by atoms with Gasteiger partial charge in [0.1, 0.15) is 11.9 Å². The van der Waals surface area contributed by atoms with Crippen molar-refractivity contribution >= 4 is 23.2 Å². The largest absolute Gasteiger partial charge is 0.489 e. The van der Waals surface area contributed by atoms with Gasteiger partial charge in [0, 0.05) is 23.2 Å². The number of ether oxygens (including phenoxy) is 1. The van der Waals surface area contributed by atoms with Crippen LogP contribution in [0.4, 0.5) is 0 Å². The van der Waals surface area contributed by atoms with E-state index in [0.717, 1.165) is 12.8 Å². The van der Waals surface area contributed by atoms with Gasteiger partial charge in [0.05, 0.1) is 5.02 Å². The van der Waals surface area contributed by atoms with E-state index in [4.69, 9.17) is 27.9 Å². The van der Waals surface area contributed by atoms with Crippen LogP contribution < -0.4 is 10.1 Å². The molecule has 0 aliphatic carbocycles. The fourth-order valence-electron chi connectivity index (χ4n) is 3.06. The number of nitrogens with one attached hydrogen (secondary N) is 1. The third-order valence-corrected chi connectivity index (χ3v) is 4.41. The van der Waals surface area contributed by atoms with Crippen LogP contribution in [0.1, 0.15) is 32.1 Å². The second kappa shape index (κ2) is 5.28. The summed E-state index contributed by atoms with van der Waals surface area (Å²) >= 11 is 12.1. The molecule has 1 aromatic carbocycles. The van der Waals surface area contributed by atoms with E-state index in [1.54, 1.807) is 12.1 Å². The van der Waals surface area contributed by atoms with E-state index >= 15 is 0 Å². The van der Waals surface area contributed by atoms with Crippen molar-refractivity contribution in [2.75, 3.05) is 0 Å². The van der Waals surface area contributed by atoms with Crippen LogP contribution in [-0.2, 0) is 0 Å². The molecule has 0 radical (unpaired) electrons. The minimum atomic E-state index is 0.262. The van der Waals surface area contributed by atoms with Gasteiger partial charge < -0.3 is 10.1 Å². The van der Waals surface area contributed by atoms with Gasteiger partial charge in [0.25, 0.3) is 0 Å². The van der Waals surface area contributed by atoms with Gasteiger partial charge >= 0.3 is 0 Å². The highest BCUT2D eigenvalue weighted by molar-refractivity contribution is 6.34. The predicted octanol–water partition coefficient (Wildman–Crippen LogP) is 4.05. The maximum atomic E-state index is 6.14. The molecule has 2 fully saturated rings. The van der Waals surface area contributed by atoms with Gasteiger partial charge in [-0.05, 0) is 37.8 Å². The summed E-state index contributed by atoms with van der Waals surface area (Å²) in [6.45, 7) is 0. The summed E-state index contributed by atoms with van der Waals surface area (Å²) in [7, 11) is 0. The van der Waals surface area contributed by atoms with Crippen LogP contribution in [-0.4, -0.2) is 18.2 Å². The van der Waals surface area contributed by atoms with E-state index < -0.39 is 0 Å². The summed E-state index contributed by atoms with van der Waals surface area (Å²) in [6, 6.07) is 6.61. The lowest BCUT2D eigenvalue weighted by molar-refractivity contribution is 0.0928. The highest BCUT2D eigenvalue weighted by Crippen LogP contribution is 2.33. The van der Waals surface area contributed by atoms with E-state index in [2.05, 4.69) is 5.32 Å². The van der Waals surface area contributed by atoms with Crippen molar-refractivity contribution in [2.24, 2.45) is 0 Å². The van der Waals surface area contributed by atoms with Crippen molar-refractivity contribution in [3.8, 4) is 5.75 Å². The van der Waals surface area contributed by atoms with Gasteiger partial charge in [0.15, 0.2) is 0 Å². The maximum absolute atomic E-state index is 6.14. The van der Waals surface area contributed by atoms with E-state index in [1.807, 2.05) is 6.07 Å². The summed E-state index contributed by atoms with van der Waals surface area (Å²) in [4.78, 5) is 0. The molecule has 3 rings (SSSR count). The number of benzene rings is 1. The van der Waals surface area contributed by atoms with Crippen LogP contribution in [0, 0.1) is 0 Å². The standard InChI is InChI=1S/C14H17Cl2NO/c15-9-4-5-13(16)14(6-9)18-12-7-10-2-1-3-11(8-12)17-10/h4-6,10-12,17H,1-3,7-8H2. The van der Waals surface area contributed by atoms with Crippen LogP contribution in [0.25, 0.3) is 0 Å². The maximum Gasteiger partial charge on any atom is 0.139 e. The Labute approximate surface area is 118 Å². The molecular formula is C14H17Cl2NO. The molecule has 0 spiro atoms. The zero-order valence-corrected chi connectivity index (χ0v) is 11.7. The third kappa shape index (κ3) is 2.76. The van der Waals surface area contributed by atoms with Crippen LogP contribution in [0.5, 0.6) is 5.75 Å². The first kappa shape index (κ1) is 12.6. The Morgan fingerprint density at radius 2 is 1.83 bits per heavy atom. The molecule has 2 unspecified atom stereocenters. The number of piperidine rings is 2. The molecule has 0 aromatic heterocycles. The van der Waals surface area contributed by atoms with Crippen LogP contribution in [0.15, 0.2) is 18.2 Å². The van der Waals surface area contributed by atoms with Crippen molar-refractivity contribution in [1.29, 1.82) is 0 Å². The summed E-state index contributed by atoms with van der Waals surface area (Å²) in [5.41, 5.74) is 0. The first-order valence-corrected chi connectivity index (χ1v) is 7.34. The number of hydrogen-bond donors (Lipinski definition) is 1. The molecule has 2 saturated heterocycles. The zero-order chi connectivity index (χ0) is 12.5. The third-order valence-electron chi connectivity index (χ3n) is 3.86. The van der Waals surface area contributed by atoms with E-state index in [0.29, 0.717) is 27.9 Å². The molecule has 0 saturated carbocycles. The van der Waals surface area contributed by atoms with Gasteiger partial charge in [-0.3, -0.25) is 0 Å². The fraction of sp³-hybridized carbons (Fsp3) is 0.571. The summed E-state index contributed by atoms with van der Waals surface area (Å²) < 4.78 is 6.05.